The van der Waals surface area contributed by atoms with Gasteiger partial charge >= 0.3 is 0 Å². The molecule has 1 aliphatic rings. The lowest BCUT2D eigenvalue weighted by Gasteiger charge is -2.17. The molecule has 7 heteroatoms. The Labute approximate surface area is 158 Å². The molecule has 0 aliphatic carbocycles. The molecule has 0 spiro atoms. The third kappa shape index (κ3) is 5.15. The molecule has 1 fully saturated rings. The summed E-state index contributed by atoms with van der Waals surface area (Å²) >= 11 is 0. The molecule has 27 heavy (non-hydrogen) atoms. The van der Waals surface area contributed by atoms with Crippen LogP contribution in [0.25, 0.3) is 0 Å². The van der Waals surface area contributed by atoms with Crippen LogP contribution in [-0.4, -0.2) is 45.4 Å². The van der Waals surface area contributed by atoms with Crippen LogP contribution in [-0.2, 0) is 29.0 Å². The van der Waals surface area contributed by atoms with Gasteiger partial charge in [-0.1, -0.05) is 19.1 Å². The Morgan fingerprint density at radius 1 is 1.30 bits per heavy atom. The number of aromatic nitrogens is 2. The highest BCUT2D eigenvalue weighted by Crippen LogP contribution is 2.13. The summed E-state index contributed by atoms with van der Waals surface area (Å²) in [7, 11) is 0. The second-order valence-electron chi connectivity index (χ2n) is 6.83. The second kappa shape index (κ2) is 8.79. The van der Waals surface area contributed by atoms with E-state index in [2.05, 4.69) is 10.3 Å². The number of benzene rings is 1. The number of halogens is 1. The molecule has 0 bridgehead atoms. The van der Waals surface area contributed by atoms with E-state index in [1.807, 2.05) is 17.7 Å². The van der Waals surface area contributed by atoms with E-state index in [1.165, 1.54) is 12.1 Å². The molecule has 1 saturated heterocycles. The smallest absolute Gasteiger partial charge is 0.224 e. The summed E-state index contributed by atoms with van der Waals surface area (Å²) in [4.78, 5) is 30.4. The van der Waals surface area contributed by atoms with Crippen LogP contribution < -0.4 is 5.32 Å². The molecular weight excluding hydrogens is 347 g/mol. The van der Waals surface area contributed by atoms with Gasteiger partial charge in [0.15, 0.2) is 0 Å². The van der Waals surface area contributed by atoms with Crippen molar-refractivity contribution in [3.8, 4) is 0 Å². The van der Waals surface area contributed by atoms with Crippen molar-refractivity contribution in [3.63, 3.8) is 0 Å². The van der Waals surface area contributed by atoms with Gasteiger partial charge in [-0.2, -0.15) is 0 Å². The van der Waals surface area contributed by atoms with Gasteiger partial charge in [0.2, 0.25) is 11.8 Å². The molecule has 1 aromatic heterocycles. The predicted molar refractivity (Wildman–Crippen MR) is 99.5 cm³/mol. The number of hydrogen-bond acceptors (Lipinski definition) is 3. The monoisotopic (exact) mass is 372 g/mol. The number of amides is 2. The van der Waals surface area contributed by atoms with E-state index in [4.69, 9.17) is 0 Å². The Kier molecular flexibility index (Phi) is 6.21. The molecule has 6 nitrogen and oxygen atoms in total. The van der Waals surface area contributed by atoms with Crippen LogP contribution in [0.1, 0.15) is 31.2 Å². The topological polar surface area (TPSA) is 67.2 Å². The van der Waals surface area contributed by atoms with Crippen molar-refractivity contribution in [1.29, 1.82) is 0 Å². The highest BCUT2D eigenvalue weighted by molar-refractivity contribution is 5.82. The molecule has 2 amide bonds. The van der Waals surface area contributed by atoms with Crippen molar-refractivity contribution in [1.82, 2.24) is 19.8 Å². The maximum Gasteiger partial charge on any atom is 0.224 e. The van der Waals surface area contributed by atoms with Crippen LogP contribution in [0.4, 0.5) is 4.39 Å². The molecule has 0 radical (unpaired) electrons. The first-order chi connectivity index (χ1) is 13.0. The third-order valence-electron chi connectivity index (χ3n) is 4.86. The summed E-state index contributed by atoms with van der Waals surface area (Å²) in [6.45, 7) is 3.72. The number of rotatable bonds is 8. The second-order valence-corrected chi connectivity index (χ2v) is 6.83. The number of aryl methyl sites for hydroxylation is 2. The molecule has 1 N–H and O–H groups in total. The van der Waals surface area contributed by atoms with Gasteiger partial charge < -0.3 is 14.8 Å². The van der Waals surface area contributed by atoms with Crippen LogP contribution >= 0.6 is 0 Å². The van der Waals surface area contributed by atoms with Gasteiger partial charge in [-0.3, -0.25) is 9.59 Å². The Morgan fingerprint density at radius 2 is 2.07 bits per heavy atom. The number of likely N-dealkylation sites (tertiary alicyclic amines) is 1. The largest absolute Gasteiger partial charge is 0.351 e. The van der Waals surface area contributed by atoms with Crippen LogP contribution in [0, 0.1) is 5.82 Å². The number of imidazole rings is 1. The van der Waals surface area contributed by atoms with Crippen LogP contribution in [0.5, 0.6) is 0 Å². The van der Waals surface area contributed by atoms with E-state index >= 15 is 0 Å². The van der Waals surface area contributed by atoms with Crippen molar-refractivity contribution in [2.75, 3.05) is 13.1 Å². The van der Waals surface area contributed by atoms with Gasteiger partial charge in [0.1, 0.15) is 11.6 Å². The molecule has 144 valence electrons. The maximum atomic E-state index is 12.9. The molecule has 1 atom stereocenters. The number of carbonyl (C=O) groups excluding carboxylic acids is 2. The van der Waals surface area contributed by atoms with Crippen molar-refractivity contribution in [2.24, 2.45) is 0 Å². The number of carbonyl (C=O) groups is 2. The summed E-state index contributed by atoms with van der Waals surface area (Å²) in [5.74, 6) is 0.695. The molecule has 1 unspecified atom stereocenters. The fourth-order valence-corrected chi connectivity index (χ4v) is 3.38. The summed E-state index contributed by atoms with van der Waals surface area (Å²) in [5, 5.41) is 2.96. The third-order valence-corrected chi connectivity index (χ3v) is 4.86. The minimum Gasteiger partial charge on any atom is -0.351 e. The Morgan fingerprint density at radius 3 is 2.81 bits per heavy atom. The predicted octanol–water partition coefficient (Wildman–Crippen LogP) is 1.93. The van der Waals surface area contributed by atoms with Crippen molar-refractivity contribution in [3.05, 3.63) is 53.9 Å². The highest BCUT2D eigenvalue weighted by atomic mass is 19.1. The van der Waals surface area contributed by atoms with Gasteiger partial charge in [-0.05, 0) is 24.1 Å². The Bertz CT molecular complexity index is 788. The summed E-state index contributed by atoms with van der Waals surface area (Å²) < 4.78 is 14.9. The first kappa shape index (κ1) is 19.1. The maximum absolute atomic E-state index is 12.9. The van der Waals surface area contributed by atoms with Crippen molar-refractivity contribution < 1.29 is 14.0 Å². The van der Waals surface area contributed by atoms with Gasteiger partial charge in [0.05, 0.1) is 6.04 Å². The average Bonchev–Trinajstić information content (AvgIpc) is 3.25. The SMILES string of the molecule is CCc1nccn1CCC(=O)NC1CC(=O)N(CCc2ccc(F)cc2)C1. The van der Waals surface area contributed by atoms with E-state index in [1.54, 1.807) is 23.2 Å². The van der Waals surface area contributed by atoms with Crippen LogP contribution in [0.15, 0.2) is 36.7 Å². The van der Waals surface area contributed by atoms with E-state index in [0.29, 0.717) is 38.9 Å². The molecule has 2 heterocycles. The van der Waals surface area contributed by atoms with E-state index in [0.717, 1.165) is 17.8 Å². The Balaban J connectivity index is 1.43. The average molecular weight is 372 g/mol. The molecule has 1 aliphatic heterocycles. The molecule has 0 saturated carbocycles. The zero-order chi connectivity index (χ0) is 19.2. The molecule has 3 rings (SSSR count). The highest BCUT2D eigenvalue weighted by Gasteiger charge is 2.30. The Hall–Kier alpha value is -2.70. The standard InChI is InChI=1S/C20H25FN4O2/c1-2-18-22-9-12-24(18)11-8-19(26)23-17-13-20(27)25(14-17)10-7-15-3-5-16(21)6-4-15/h3-6,9,12,17H,2,7-8,10-11,13-14H2,1H3,(H,23,26). The van der Waals surface area contributed by atoms with Crippen molar-refractivity contribution in [2.45, 2.75) is 45.2 Å². The quantitative estimate of drug-likeness (QED) is 0.770. The first-order valence-electron chi connectivity index (χ1n) is 9.36. The molecule has 2 aromatic rings. The normalized spacial score (nSPS) is 16.7. The van der Waals surface area contributed by atoms with Crippen LogP contribution in [0.3, 0.4) is 0 Å². The number of hydrogen-bond donors (Lipinski definition) is 1. The number of nitrogens with zero attached hydrogens (tertiary/aromatic N) is 3. The molecule has 1 aromatic carbocycles. The summed E-state index contributed by atoms with van der Waals surface area (Å²) in [6, 6.07) is 6.17. The number of nitrogens with one attached hydrogen (secondary N) is 1. The van der Waals surface area contributed by atoms with Gasteiger partial charge in [0.25, 0.3) is 0 Å². The summed E-state index contributed by atoms with van der Waals surface area (Å²) in [6.07, 6.45) is 5.82. The van der Waals surface area contributed by atoms with E-state index in [9.17, 15) is 14.0 Å². The lowest BCUT2D eigenvalue weighted by Crippen LogP contribution is -2.37. The lowest BCUT2D eigenvalue weighted by molar-refractivity contribution is -0.127. The zero-order valence-corrected chi connectivity index (χ0v) is 15.5. The van der Waals surface area contributed by atoms with Gasteiger partial charge in [0, 0.05) is 51.3 Å². The van der Waals surface area contributed by atoms with Crippen LogP contribution in [0.2, 0.25) is 0 Å². The zero-order valence-electron chi connectivity index (χ0n) is 15.5. The van der Waals surface area contributed by atoms with Crippen molar-refractivity contribution >= 4 is 11.8 Å². The lowest BCUT2D eigenvalue weighted by atomic mass is 10.1. The van der Waals surface area contributed by atoms with Gasteiger partial charge in [-0.25, -0.2) is 9.37 Å². The minimum atomic E-state index is -0.263. The van der Waals surface area contributed by atoms with Gasteiger partial charge in [-0.15, -0.1) is 0 Å². The molecular formula is C20H25FN4O2. The summed E-state index contributed by atoms with van der Waals surface area (Å²) in [5.41, 5.74) is 0.990. The fourth-order valence-electron chi connectivity index (χ4n) is 3.38. The van der Waals surface area contributed by atoms with E-state index in [-0.39, 0.29) is 23.7 Å². The minimum absolute atomic E-state index is 0.0466. The van der Waals surface area contributed by atoms with E-state index < -0.39 is 0 Å². The fraction of sp³-hybridized carbons (Fsp3) is 0.450. The first-order valence-corrected chi connectivity index (χ1v) is 9.36.